The average molecular weight is 291 g/mol. The molecule has 2 atom stereocenters. The Kier molecular flexibility index (Phi) is 3.74. The van der Waals surface area contributed by atoms with Crippen molar-refractivity contribution in [3.8, 4) is 0 Å². The van der Waals surface area contributed by atoms with E-state index >= 15 is 0 Å². The highest BCUT2D eigenvalue weighted by atomic mass is 19.1. The minimum absolute atomic E-state index is 0.152. The van der Waals surface area contributed by atoms with E-state index in [9.17, 15) is 14.3 Å². The molecule has 0 radical (unpaired) electrons. The fraction of sp³-hybridized carbons (Fsp3) is 0.588. The van der Waals surface area contributed by atoms with Crippen LogP contribution in [-0.2, 0) is 10.2 Å². The van der Waals surface area contributed by atoms with E-state index in [0.717, 1.165) is 37.8 Å². The van der Waals surface area contributed by atoms with Crippen LogP contribution in [0.1, 0.15) is 38.2 Å². The number of halogens is 1. The highest BCUT2D eigenvalue weighted by Crippen LogP contribution is 2.50. The lowest BCUT2D eigenvalue weighted by Crippen LogP contribution is -2.47. The first-order valence-corrected chi connectivity index (χ1v) is 7.76. The average Bonchev–Trinajstić information content (AvgIpc) is 3.29. The Bertz CT molecular complexity index is 522. The van der Waals surface area contributed by atoms with Crippen LogP contribution in [0.15, 0.2) is 24.3 Å². The zero-order valence-corrected chi connectivity index (χ0v) is 12.4. The molecule has 3 rings (SSSR count). The fourth-order valence-corrected chi connectivity index (χ4v) is 3.41. The van der Waals surface area contributed by atoms with Gasteiger partial charge in [-0.15, -0.1) is 0 Å². The second-order valence-corrected chi connectivity index (χ2v) is 6.48. The molecule has 1 aromatic carbocycles. The fourth-order valence-electron chi connectivity index (χ4n) is 3.41. The highest BCUT2D eigenvalue weighted by molar-refractivity contribution is 5.91. The Morgan fingerprint density at radius 3 is 2.62 bits per heavy atom. The molecule has 3 nitrogen and oxygen atoms in total. The summed E-state index contributed by atoms with van der Waals surface area (Å²) in [6.07, 6.45) is 3.23. The molecule has 2 unspecified atom stereocenters. The van der Waals surface area contributed by atoms with Gasteiger partial charge in [-0.25, -0.2) is 4.39 Å². The maximum Gasteiger partial charge on any atom is 0.233 e. The molecular formula is C17H22FNO2. The van der Waals surface area contributed by atoms with Gasteiger partial charge in [0.25, 0.3) is 0 Å². The summed E-state index contributed by atoms with van der Waals surface area (Å²) in [5.41, 5.74) is 0.488. The number of hydrogen-bond acceptors (Lipinski definition) is 2. The third-order valence-corrected chi connectivity index (χ3v) is 4.98. The molecule has 21 heavy (non-hydrogen) atoms. The minimum atomic E-state index is -0.436. The summed E-state index contributed by atoms with van der Waals surface area (Å²) in [5, 5.41) is 9.76. The molecule has 1 aliphatic heterocycles. The number of aliphatic hydroxyl groups excluding tert-OH is 1. The molecule has 1 amide bonds. The van der Waals surface area contributed by atoms with Gasteiger partial charge in [-0.1, -0.05) is 12.1 Å². The zero-order valence-electron chi connectivity index (χ0n) is 12.4. The van der Waals surface area contributed by atoms with Crippen LogP contribution in [0.25, 0.3) is 0 Å². The summed E-state index contributed by atoms with van der Waals surface area (Å²) in [5.74, 6) is 0.0558. The molecule has 4 heteroatoms. The second kappa shape index (κ2) is 5.41. The molecule has 1 saturated carbocycles. The summed E-state index contributed by atoms with van der Waals surface area (Å²) in [4.78, 5) is 14.8. The van der Waals surface area contributed by atoms with Gasteiger partial charge in [-0.3, -0.25) is 4.79 Å². The van der Waals surface area contributed by atoms with Crippen LogP contribution in [0.2, 0.25) is 0 Å². The first kappa shape index (κ1) is 14.5. The molecular weight excluding hydrogens is 269 g/mol. The van der Waals surface area contributed by atoms with E-state index in [1.165, 1.54) is 12.1 Å². The number of piperidine rings is 1. The van der Waals surface area contributed by atoms with Crippen molar-refractivity contribution in [3.05, 3.63) is 35.6 Å². The number of likely N-dealkylation sites (tertiary alicyclic amines) is 1. The van der Waals surface area contributed by atoms with E-state index in [2.05, 4.69) is 0 Å². The van der Waals surface area contributed by atoms with Crippen molar-refractivity contribution < 1.29 is 14.3 Å². The molecule has 114 valence electrons. The summed E-state index contributed by atoms with van der Waals surface area (Å²) in [6, 6.07) is 6.32. The van der Waals surface area contributed by atoms with Gasteiger partial charge in [0.1, 0.15) is 5.82 Å². The number of carbonyl (C=O) groups excluding carboxylic acids is 1. The van der Waals surface area contributed by atoms with E-state index in [-0.39, 0.29) is 23.7 Å². The van der Waals surface area contributed by atoms with Crippen molar-refractivity contribution in [1.82, 2.24) is 4.90 Å². The van der Waals surface area contributed by atoms with E-state index in [0.29, 0.717) is 6.54 Å². The number of nitrogens with zero attached hydrogens (tertiary/aromatic N) is 1. The van der Waals surface area contributed by atoms with Gasteiger partial charge >= 0.3 is 0 Å². The van der Waals surface area contributed by atoms with Gasteiger partial charge in [0.15, 0.2) is 0 Å². The summed E-state index contributed by atoms with van der Waals surface area (Å²) in [6.45, 7) is 3.20. The third kappa shape index (κ3) is 2.69. The van der Waals surface area contributed by atoms with Gasteiger partial charge in [0.2, 0.25) is 5.91 Å². The Morgan fingerprint density at radius 2 is 2.05 bits per heavy atom. The van der Waals surface area contributed by atoms with Crippen molar-refractivity contribution in [2.75, 3.05) is 13.1 Å². The summed E-state index contributed by atoms with van der Waals surface area (Å²) < 4.78 is 13.1. The SMILES string of the molecule is CC(O)C1CCCN(C(=O)C2(c3ccc(F)cc3)CC2)C1. The lowest BCUT2D eigenvalue weighted by Gasteiger charge is -2.36. The lowest BCUT2D eigenvalue weighted by atomic mass is 9.89. The monoisotopic (exact) mass is 291 g/mol. The molecule has 2 fully saturated rings. The van der Waals surface area contributed by atoms with Gasteiger partial charge in [-0.2, -0.15) is 0 Å². The zero-order chi connectivity index (χ0) is 15.0. The molecule has 1 heterocycles. The number of carbonyl (C=O) groups is 1. The van der Waals surface area contributed by atoms with E-state index < -0.39 is 5.41 Å². The van der Waals surface area contributed by atoms with Crippen LogP contribution >= 0.6 is 0 Å². The van der Waals surface area contributed by atoms with Crippen LogP contribution in [0.4, 0.5) is 4.39 Å². The third-order valence-electron chi connectivity index (χ3n) is 4.98. The van der Waals surface area contributed by atoms with Crippen LogP contribution < -0.4 is 0 Å². The van der Waals surface area contributed by atoms with Crippen molar-refractivity contribution in [2.45, 2.75) is 44.1 Å². The smallest absolute Gasteiger partial charge is 0.233 e. The number of aliphatic hydroxyl groups is 1. The number of benzene rings is 1. The van der Waals surface area contributed by atoms with Crippen molar-refractivity contribution in [2.24, 2.45) is 5.92 Å². The lowest BCUT2D eigenvalue weighted by molar-refractivity contribution is -0.136. The molecule has 0 spiro atoms. The predicted octanol–water partition coefficient (Wildman–Crippen LogP) is 2.48. The highest BCUT2D eigenvalue weighted by Gasteiger charge is 2.53. The second-order valence-electron chi connectivity index (χ2n) is 6.48. The Labute approximate surface area is 124 Å². The minimum Gasteiger partial charge on any atom is -0.393 e. The molecule has 1 aromatic rings. The maximum atomic E-state index is 13.1. The molecule has 1 aliphatic carbocycles. The van der Waals surface area contributed by atoms with E-state index in [1.54, 1.807) is 19.1 Å². The van der Waals surface area contributed by atoms with Gasteiger partial charge in [0.05, 0.1) is 11.5 Å². The van der Waals surface area contributed by atoms with Crippen LogP contribution in [0, 0.1) is 11.7 Å². The molecule has 2 aliphatic rings. The first-order valence-electron chi connectivity index (χ1n) is 7.76. The van der Waals surface area contributed by atoms with E-state index in [1.807, 2.05) is 4.90 Å². The van der Waals surface area contributed by atoms with Gasteiger partial charge in [0, 0.05) is 19.0 Å². The molecule has 1 saturated heterocycles. The van der Waals surface area contributed by atoms with Crippen molar-refractivity contribution in [3.63, 3.8) is 0 Å². The number of rotatable bonds is 3. The normalized spacial score (nSPS) is 25.5. The Morgan fingerprint density at radius 1 is 1.38 bits per heavy atom. The Balaban J connectivity index is 1.76. The summed E-state index contributed by atoms with van der Waals surface area (Å²) >= 11 is 0. The molecule has 0 bridgehead atoms. The standard InChI is InChI=1S/C17H22FNO2/c1-12(20)13-3-2-10-19(11-13)16(21)17(8-9-17)14-4-6-15(18)7-5-14/h4-7,12-13,20H,2-3,8-11H2,1H3. The molecule has 1 N–H and O–H groups in total. The van der Waals surface area contributed by atoms with Crippen molar-refractivity contribution >= 4 is 5.91 Å². The van der Waals surface area contributed by atoms with Crippen LogP contribution in [0.5, 0.6) is 0 Å². The van der Waals surface area contributed by atoms with Crippen molar-refractivity contribution in [1.29, 1.82) is 0 Å². The van der Waals surface area contributed by atoms with Gasteiger partial charge in [-0.05, 0) is 50.3 Å². The molecule has 0 aromatic heterocycles. The largest absolute Gasteiger partial charge is 0.393 e. The Hall–Kier alpha value is -1.42. The number of amides is 1. The number of hydrogen-bond donors (Lipinski definition) is 1. The van der Waals surface area contributed by atoms with Gasteiger partial charge < -0.3 is 10.0 Å². The van der Waals surface area contributed by atoms with Crippen LogP contribution in [0.3, 0.4) is 0 Å². The maximum absolute atomic E-state index is 13.1. The van der Waals surface area contributed by atoms with E-state index in [4.69, 9.17) is 0 Å². The quantitative estimate of drug-likeness (QED) is 0.929. The van der Waals surface area contributed by atoms with Crippen LogP contribution in [-0.4, -0.2) is 35.1 Å². The predicted molar refractivity (Wildman–Crippen MR) is 78.3 cm³/mol. The first-order chi connectivity index (χ1) is 10.0. The topological polar surface area (TPSA) is 40.5 Å². The summed E-state index contributed by atoms with van der Waals surface area (Å²) in [7, 11) is 0.